The number of thioether (sulfide) groups is 1. The van der Waals surface area contributed by atoms with Crippen molar-refractivity contribution < 1.29 is 9.53 Å². The molecule has 130 valence electrons. The molecule has 0 fully saturated rings. The minimum Gasteiger partial charge on any atom is -0.491 e. The van der Waals surface area contributed by atoms with E-state index in [1.165, 1.54) is 23.7 Å². The van der Waals surface area contributed by atoms with Crippen LogP contribution < -0.4 is 10.1 Å². The molecule has 0 unspecified atom stereocenters. The fourth-order valence-electron chi connectivity index (χ4n) is 2.03. The normalized spacial score (nSPS) is 12.7. The number of aromatic amines is 1. The van der Waals surface area contributed by atoms with E-state index < -0.39 is 0 Å². The van der Waals surface area contributed by atoms with Gasteiger partial charge in [-0.2, -0.15) is 5.10 Å². The van der Waals surface area contributed by atoms with Crippen LogP contribution in [0.15, 0.2) is 35.7 Å². The van der Waals surface area contributed by atoms with Gasteiger partial charge in [0.15, 0.2) is 5.16 Å². The third kappa shape index (κ3) is 5.88. The highest BCUT2D eigenvalue weighted by atomic mass is 32.2. The molecule has 1 amide bonds. The molecular weight excluding hydrogens is 324 g/mol. The number of H-pyrrole nitrogens is 1. The number of hydrogen-bond donors (Lipinski definition) is 2. The van der Waals surface area contributed by atoms with E-state index in [0.717, 1.165) is 5.75 Å². The number of rotatable bonds is 7. The highest BCUT2D eigenvalue weighted by Crippen LogP contribution is 2.24. The lowest BCUT2D eigenvalue weighted by molar-refractivity contribution is -0.119. The van der Waals surface area contributed by atoms with E-state index in [1.807, 2.05) is 19.1 Å². The van der Waals surface area contributed by atoms with Crippen LogP contribution in [0.5, 0.6) is 5.75 Å². The summed E-state index contributed by atoms with van der Waals surface area (Å²) in [4.78, 5) is 15.8. The zero-order valence-electron chi connectivity index (χ0n) is 14.5. The van der Waals surface area contributed by atoms with E-state index in [-0.39, 0.29) is 17.4 Å². The van der Waals surface area contributed by atoms with E-state index >= 15 is 0 Å². The summed E-state index contributed by atoms with van der Waals surface area (Å²) in [6, 6.07) is 8.01. The van der Waals surface area contributed by atoms with Gasteiger partial charge in [0, 0.05) is 0 Å². The Balaban J connectivity index is 1.72. The van der Waals surface area contributed by atoms with Gasteiger partial charge in [0.05, 0.1) is 11.8 Å². The third-order valence-corrected chi connectivity index (χ3v) is 4.24. The number of amides is 1. The number of aromatic nitrogens is 3. The van der Waals surface area contributed by atoms with Crippen LogP contribution in [-0.4, -0.2) is 39.5 Å². The molecule has 0 radical (unpaired) electrons. The Hall–Kier alpha value is -2.02. The van der Waals surface area contributed by atoms with Crippen molar-refractivity contribution in [2.75, 3.05) is 12.4 Å². The Bertz CT molecular complexity index is 636. The molecule has 2 rings (SSSR count). The summed E-state index contributed by atoms with van der Waals surface area (Å²) in [7, 11) is 0. The maximum atomic E-state index is 11.9. The van der Waals surface area contributed by atoms with Gasteiger partial charge in [-0.3, -0.25) is 9.89 Å². The van der Waals surface area contributed by atoms with Gasteiger partial charge >= 0.3 is 0 Å². The van der Waals surface area contributed by atoms with Crippen LogP contribution in [0.25, 0.3) is 0 Å². The van der Waals surface area contributed by atoms with Crippen molar-refractivity contribution in [1.82, 2.24) is 20.5 Å². The molecule has 0 aliphatic heterocycles. The molecule has 1 heterocycles. The molecule has 0 aliphatic carbocycles. The minimum atomic E-state index is -0.0740. The Labute approximate surface area is 146 Å². The van der Waals surface area contributed by atoms with Gasteiger partial charge in [0.1, 0.15) is 18.7 Å². The van der Waals surface area contributed by atoms with Gasteiger partial charge in [0.2, 0.25) is 5.91 Å². The van der Waals surface area contributed by atoms with Crippen molar-refractivity contribution in [2.24, 2.45) is 0 Å². The Morgan fingerprint density at radius 2 is 2.04 bits per heavy atom. The highest BCUT2D eigenvalue weighted by Gasteiger charge is 2.13. The molecule has 0 saturated heterocycles. The molecule has 1 atom stereocenters. The molecule has 1 aromatic carbocycles. The first kappa shape index (κ1) is 18.3. The van der Waals surface area contributed by atoms with Gasteiger partial charge < -0.3 is 10.1 Å². The summed E-state index contributed by atoms with van der Waals surface area (Å²) in [6.45, 7) is 8.87. The predicted octanol–water partition coefficient (Wildman–Crippen LogP) is 2.78. The Kier molecular flexibility index (Phi) is 6.25. The van der Waals surface area contributed by atoms with E-state index in [4.69, 9.17) is 4.74 Å². The van der Waals surface area contributed by atoms with Crippen LogP contribution in [0.3, 0.4) is 0 Å². The lowest BCUT2D eigenvalue weighted by atomic mass is 9.87. The van der Waals surface area contributed by atoms with Crippen molar-refractivity contribution in [3.8, 4) is 5.75 Å². The summed E-state index contributed by atoms with van der Waals surface area (Å²) in [5.41, 5.74) is 1.39. The molecule has 0 spiro atoms. The molecule has 24 heavy (non-hydrogen) atoms. The second-order valence-corrected chi connectivity index (χ2v) is 7.60. The monoisotopic (exact) mass is 348 g/mol. The summed E-state index contributed by atoms with van der Waals surface area (Å²) < 4.78 is 5.74. The van der Waals surface area contributed by atoms with Gasteiger partial charge in [-0.1, -0.05) is 44.7 Å². The predicted molar refractivity (Wildman–Crippen MR) is 95.3 cm³/mol. The quantitative estimate of drug-likeness (QED) is 0.752. The highest BCUT2D eigenvalue weighted by molar-refractivity contribution is 7.99. The largest absolute Gasteiger partial charge is 0.491 e. The minimum absolute atomic E-state index is 0.0596. The molecule has 6 nitrogen and oxygen atoms in total. The molecule has 2 N–H and O–H groups in total. The maximum Gasteiger partial charge on any atom is 0.230 e. The molecular formula is C17H24N4O2S. The number of ether oxygens (including phenoxy) is 1. The SMILES string of the molecule is C[C@@H](COc1ccc(C(C)(C)C)cc1)NC(=O)CSc1ncn[nH]1. The average molecular weight is 348 g/mol. The lowest BCUT2D eigenvalue weighted by Crippen LogP contribution is -2.37. The summed E-state index contributed by atoms with van der Waals surface area (Å²) in [5.74, 6) is 1.04. The molecule has 1 aromatic heterocycles. The smallest absolute Gasteiger partial charge is 0.230 e. The number of benzene rings is 1. The number of nitrogens with one attached hydrogen (secondary N) is 2. The number of carbonyl (C=O) groups is 1. The van der Waals surface area contributed by atoms with E-state index in [1.54, 1.807) is 0 Å². The van der Waals surface area contributed by atoms with Crippen molar-refractivity contribution in [3.63, 3.8) is 0 Å². The standard InChI is InChI=1S/C17H24N4O2S/c1-12(20-15(22)10-24-16-18-11-19-21-16)9-23-14-7-5-13(6-8-14)17(2,3)4/h5-8,11-12H,9-10H2,1-4H3,(H,20,22)(H,18,19,21)/t12-/m0/s1. The summed E-state index contributed by atoms with van der Waals surface area (Å²) >= 11 is 1.31. The average Bonchev–Trinajstić information content (AvgIpc) is 3.04. The molecule has 0 aliphatic rings. The molecule has 0 bridgehead atoms. The first-order valence-corrected chi connectivity index (χ1v) is 8.84. The van der Waals surface area contributed by atoms with Crippen LogP contribution in [-0.2, 0) is 10.2 Å². The molecule has 7 heteroatoms. The number of carbonyl (C=O) groups excluding carboxylic acids is 1. The van der Waals surface area contributed by atoms with Crippen LogP contribution in [0.1, 0.15) is 33.3 Å². The lowest BCUT2D eigenvalue weighted by Gasteiger charge is -2.19. The van der Waals surface area contributed by atoms with Crippen molar-refractivity contribution in [3.05, 3.63) is 36.2 Å². The Morgan fingerprint density at radius 1 is 1.33 bits per heavy atom. The topological polar surface area (TPSA) is 79.9 Å². The zero-order valence-corrected chi connectivity index (χ0v) is 15.3. The third-order valence-electron chi connectivity index (χ3n) is 3.36. The fourth-order valence-corrected chi connectivity index (χ4v) is 2.62. The molecule has 2 aromatic rings. The first-order valence-electron chi connectivity index (χ1n) is 7.85. The summed E-state index contributed by atoms with van der Waals surface area (Å²) in [5, 5.41) is 9.98. The summed E-state index contributed by atoms with van der Waals surface area (Å²) in [6.07, 6.45) is 1.42. The number of hydrogen-bond acceptors (Lipinski definition) is 5. The first-order chi connectivity index (χ1) is 11.3. The van der Waals surface area contributed by atoms with Crippen LogP contribution in [0.4, 0.5) is 0 Å². The van der Waals surface area contributed by atoms with E-state index in [2.05, 4.69) is 53.4 Å². The zero-order chi connectivity index (χ0) is 17.6. The van der Waals surface area contributed by atoms with Crippen LogP contribution >= 0.6 is 11.8 Å². The fraction of sp³-hybridized carbons (Fsp3) is 0.471. The number of nitrogens with zero attached hydrogens (tertiary/aromatic N) is 2. The maximum absolute atomic E-state index is 11.9. The van der Waals surface area contributed by atoms with Crippen molar-refractivity contribution in [2.45, 2.75) is 44.3 Å². The van der Waals surface area contributed by atoms with E-state index in [9.17, 15) is 4.79 Å². The second-order valence-electron chi connectivity index (χ2n) is 6.63. The van der Waals surface area contributed by atoms with Gasteiger partial charge in [-0.25, -0.2) is 4.98 Å². The van der Waals surface area contributed by atoms with Crippen LogP contribution in [0, 0.1) is 0 Å². The Morgan fingerprint density at radius 3 is 2.62 bits per heavy atom. The second kappa shape index (κ2) is 8.19. The van der Waals surface area contributed by atoms with Gasteiger partial charge in [-0.05, 0) is 30.0 Å². The molecule has 0 saturated carbocycles. The van der Waals surface area contributed by atoms with Crippen molar-refractivity contribution in [1.29, 1.82) is 0 Å². The van der Waals surface area contributed by atoms with Crippen molar-refractivity contribution >= 4 is 17.7 Å². The van der Waals surface area contributed by atoms with Gasteiger partial charge in [0.25, 0.3) is 0 Å². The van der Waals surface area contributed by atoms with Gasteiger partial charge in [-0.15, -0.1) is 0 Å². The van der Waals surface area contributed by atoms with Crippen LogP contribution in [0.2, 0.25) is 0 Å². The van der Waals surface area contributed by atoms with E-state index in [0.29, 0.717) is 17.5 Å².